The zero-order valence-corrected chi connectivity index (χ0v) is 9.52. The Balaban J connectivity index is 0.00000128. The number of hydrogen-bond acceptors (Lipinski definition) is 2. The predicted octanol–water partition coefficient (Wildman–Crippen LogP) is 3.55. The minimum Gasteiger partial charge on any atom is -0.279 e. The number of halogens is 1. The minimum atomic E-state index is 0. The lowest BCUT2D eigenvalue weighted by molar-refractivity contribution is 1.35. The molecule has 0 aliphatic carbocycles. The molecule has 0 heterocycles. The van der Waals surface area contributed by atoms with Crippen LogP contribution in [0.1, 0.15) is 5.56 Å². The quantitative estimate of drug-likeness (QED) is 0.635. The fraction of sp³-hybridized carbons (Fsp3) is 0. The van der Waals surface area contributed by atoms with Gasteiger partial charge in [-0.3, -0.25) is 5.43 Å². The van der Waals surface area contributed by atoms with Crippen molar-refractivity contribution < 1.29 is 0 Å². The van der Waals surface area contributed by atoms with E-state index in [1.54, 1.807) is 6.21 Å². The highest BCUT2D eigenvalue weighted by Gasteiger charge is 1.85. The summed E-state index contributed by atoms with van der Waals surface area (Å²) in [4.78, 5) is 0. The zero-order chi connectivity index (χ0) is 10.3. The normalized spacial score (nSPS) is 9.75. The topological polar surface area (TPSA) is 24.4 Å². The van der Waals surface area contributed by atoms with E-state index in [1.165, 1.54) is 0 Å². The molecule has 0 aromatic heterocycles. The largest absolute Gasteiger partial charge is 0.279 e. The molecular weight excluding hydrogens is 220 g/mol. The third-order valence-electron chi connectivity index (χ3n) is 1.98. The summed E-state index contributed by atoms with van der Waals surface area (Å²) >= 11 is 0. The first-order valence-electron chi connectivity index (χ1n) is 4.84. The molecule has 0 radical (unpaired) electrons. The number of hydrazone groups is 1. The van der Waals surface area contributed by atoms with Crippen LogP contribution in [0.5, 0.6) is 0 Å². The van der Waals surface area contributed by atoms with Gasteiger partial charge in [-0.05, 0) is 17.7 Å². The number of nitrogens with zero attached hydrogens (tertiary/aromatic N) is 1. The summed E-state index contributed by atoms with van der Waals surface area (Å²) in [6.07, 6.45) is 1.80. The van der Waals surface area contributed by atoms with Crippen LogP contribution < -0.4 is 5.43 Å². The summed E-state index contributed by atoms with van der Waals surface area (Å²) in [5.41, 5.74) is 5.04. The van der Waals surface area contributed by atoms with Gasteiger partial charge in [0.2, 0.25) is 0 Å². The number of hydrogen-bond donors (Lipinski definition) is 1. The van der Waals surface area contributed by atoms with E-state index in [-0.39, 0.29) is 12.4 Å². The monoisotopic (exact) mass is 232 g/mol. The molecule has 3 heteroatoms. The molecule has 82 valence electrons. The smallest absolute Gasteiger partial charge is 0.0561 e. The third-order valence-corrected chi connectivity index (χ3v) is 1.98. The first-order valence-corrected chi connectivity index (χ1v) is 4.84. The predicted molar refractivity (Wildman–Crippen MR) is 71.3 cm³/mol. The summed E-state index contributed by atoms with van der Waals surface area (Å²) < 4.78 is 0. The fourth-order valence-electron chi connectivity index (χ4n) is 1.23. The van der Waals surface area contributed by atoms with Gasteiger partial charge in [0.25, 0.3) is 0 Å². The SMILES string of the molecule is C(=NNc1ccccc1)c1ccccc1.Cl. The number of rotatable bonds is 3. The van der Waals surface area contributed by atoms with Crippen LogP contribution >= 0.6 is 12.4 Å². The molecule has 2 aromatic carbocycles. The lowest BCUT2D eigenvalue weighted by Crippen LogP contribution is -1.89. The van der Waals surface area contributed by atoms with E-state index in [1.807, 2.05) is 60.7 Å². The average molecular weight is 233 g/mol. The maximum absolute atomic E-state index is 4.14. The van der Waals surface area contributed by atoms with Gasteiger partial charge >= 0.3 is 0 Å². The molecule has 2 aromatic rings. The number of anilines is 1. The molecule has 0 fully saturated rings. The first kappa shape index (κ1) is 12.3. The van der Waals surface area contributed by atoms with Crippen LogP contribution in [0.15, 0.2) is 65.8 Å². The Labute approximate surface area is 101 Å². The minimum absolute atomic E-state index is 0. The van der Waals surface area contributed by atoms with Gasteiger partial charge < -0.3 is 0 Å². The van der Waals surface area contributed by atoms with Gasteiger partial charge in [0, 0.05) is 0 Å². The average Bonchev–Trinajstić information content (AvgIpc) is 2.32. The molecule has 1 N–H and O–H groups in total. The maximum atomic E-state index is 4.14. The summed E-state index contributed by atoms with van der Waals surface area (Å²) in [6, 6.07) is 19.9. The molecule has 0 amide bonds. The summed E-state index contributed by atoms with van der Waals surface area (Å²) in [6.45, 7) is 0. The molecule has 0 aliphatic heterocycles. The van der Waals surface area contributed by atoms with Crippen LogP contribution in [0.2, 0.25) is 0 Å². The lowest BCUT2D eigenvalue weighted by Gasteiger charge is -1.97. The summed E-state index contributed by atoms with van der Waals surface area (Å²) in [5, 5.41) is 4.14. The molecule has 2 nitrogen and oxygen atoms in total. The van der Waals surface area contributed by atoms with E-state index in [4.69, 9.17) is 0 Å². The Morgan fingerprint density at radius 2 is 1.38 bits per heavy atom. The van der Waals surface area contributed by atoms with Crippen molar-refractivity contribution in [2.24, 2.45) is 5.10 Å². The second kappa shape index (κ2) is 6.64. The highest BCUT2D eigenvalue weighted by atomic mass is 35.5. The standard InChI is InChI=1S/C13H12N2.ClH/c1-3-7-12(8-4-1)11-14-15-13-9-5-2-6-10-13;/h1-11,15H;1H. The highest BCUT2D eigenvalue weighted by Crippen LogP contribution is 2.04. The van der Waals surface area contributed by atoms with E-state index in [0.29, 0.717) is 0 Å². The molecule has 0 saturated heterocycles. The van der Waals surface area contributed by atoms with Gasteiger partial charge in [0.05, 0.1) is 11.9 Å². The van der Waals surface area contributed by atoms with Crippen molar-refractivity contribution >= 4 is 24.3 Å². The Kier molecular flexibility index (Phi) is 5.09. The van der Waals surface area contributed by atoms with Crippen LogP contribution in [0.3, 0.4) is 0 Å². The van der Waals surface area contributed by atoms with Gasteiger partial charge in [-0.1, -0.05) is 48.5 Å². The van der Waals surface area contributed by atoms with Gasteiger partial charge in [-0.2, -0.15) is 5.10 Å². The van der Waals surface area contributed by atoms with Crippen LogP contribution in [-0.2, 0) is 0 Å². The Hall–Kier alpha value is -1.80. The molecule has 0 saturated carbocycles. The van der Waals surface area contributed by atoms with Crippen molar-refractivity contribution in [3.05, 3.63) is 66.2 Å². The van der Waals surface area contributed by atoms with E-state index in [9.17, 15) is 0 Å². The van der Waals surface area contributed by atoms with Gasteiger partial charge in [-0.15, -0.1) is 12.4 Å². The maximum Gasteiger partial charge on any atom is 0.0561 e. The highest BCUT2D eigenvalue weighted by molar-refractivity contribution is 5.85. The van der Waals surface area contributed by atoms with Crippen LogP contribution in [0, 0.1) is 0 Å². The van der Waals surface area contributed by atoms with Crippen molar-refractivity contribution in [3.8, 4) is 0 Å². The van der Waals surface area contributed by atoms with Crippen molar-refractivity contribution in [2.75, 3.05) is 5.43 Å². The Morgan fingerprint density at radius 3 is 2.00 bits per heavy atom. The molecular formula is C13H13ClN2. The molecule has 16 heavy (non-hydrogen) atoms. The van der Waals surface area contributed by atoms with Crippen molar-refractivity contribution in [3.63, 3.8) is 0 Å². The second-order valence-electron chi connectivity index (χ2n) is 3.15. The van der Waals surface area contributed by atoms with Crippen molar-refractivity contribution in [1.82, 2.24) is 0 Å². The zero-order valence-electron chi connectivity index (χ0n) is 8.71. The molecule has 0 spiro atoms. The molecule has 0 atom stereocenters. The lowest BCUT2D eigenvalue weighted by atomic mass is 10.2. The summed E-state index contributed by atoms with van der Waals surface area (Å²) in [7, 11) is 0. The number of nitrogens with one attached hydrogen (secondary N) is 1. The third kappa shape index (κ3) is 3.75. The number of para-hydroxylation sites is 1. The van der Waals surface area contributed by atoms with E-state index in [0.717, 1.165) is 11.3 Å². The fourth-order valence-corrected chi connectivity index (χ4v) is 1.23. The van der Waals surface area contributed by atoms with Crippen LogP contribution in [0.4, 0.5) is 5.69 Å². The van der Waals surface area contributed by atoms with Gasteiger partial charge in [0.15, 0.2) is 0 Å². The number of benzene rings is 2. The van der Waals surface area contributed by atoms with Crippen molar-refractivity contribution in [1.29, 1.82) is 0 Å². The molecule has 0 aliphatic rings. The molecule has 0 bridgehead atoms. The Bertz CT molecular complexity index is 426. The van der Waals surface area contributed by atoms with Gasteiger partial charge in [-0.25, -0.2) is 0 Å². The van der Waals surface area contributed by atoms with Crippen LogP contribution in [-0.4, -0.2) is 6.21 Å². The molecule has 2 rings (SSSR count). The van der Waals surface area contributed by atoms with Crippen molar-refractivity contribution in [2.45, 2.75) is 0 Å². The van der Waals surface area contributed by atoms with E-state index in [2.05, 4.69) is 10.5 Å². The van der Waals surface area contributed by atoms with Crippen LogP contribution in [0.25, 0.3) is 0 Å². The first-order chi connectivity index (χ1) is 7.45. The second-order valence-corrected chi connectivity index (χ2v) is 3.15. The van der Waals surface area contributed by atoms with Gasteiger partial charge in [0.1, 0.15) is 0 Å². The van der Waals surface area contributed by atoms with E-state index < -0.39 is 0 Å². The Morgan fingerprint density at radius 1 is 0.812 bits per heavy atom. The van der Waals surface area contributed by atoms with E-state index >= 15 is 0 Å². The summed E-state index contributed by atoms with van der Waals surface area (Å²) in [5.74, 6) is 0. The molecule has 0 unspecified atom stereocenters.